The average molecular weight is 138 g/mol. The lowest BCUT2D eigenvalue weighted by atomic mass is 9.78. The maximum absolute atomic E-state index is 9.32. The van der Waals surface area contributed by atoms with Crippen LogP contribution < -0.4 is 0 Å². The Labute approximate surface area is 59.5 Å². The minimum Gasteiger partial charge on any atom is -0.389 e. The molecule has 3 rings (SSSR count). The lowest BCUT2D eigenvalue weighted by molar-refractivity contribution is -0.0217. The van der Waals surface area contributed by atoms with E-state index in [0.717, 1.165) is 0 Å². The summed E-state index contributed by atoms with van der Waals surface area (Å²) in [7, 11) is 0. The second-order valence-corrected chi connectivity index (χ2v) is 2.91. The van der Waals surface area contributed by atoms with Crippen molar-refractivity contribution >= 4 is 0 Å². The fraction of sp³-hybridized carbons (Fsp3) is 0.500. The van der Waals surface area contributed by atoms with E-state index in [1.165, 1.54) is 0 Å². The van der Waals surface area contributed by atoms with Gasteiger partial charge in [-0.15, -0.1) is 0 Å². The summed E-state index contributed by atoms with van der Waals surface area (Å²) in [5.41, 5.74) is 0. The lowest BCUT2D eigenvalue weighted by Gasteiger charge is -2.34. The average Bonchev–Trinajstić information content (AvgIpc) is 2.00. The van der Waals surface area contributed by atoms with Crippen molar-refractivity contribution in [3.8, 4) is 0 Å². The van der Waals surface area contributed by atoms with Gasteiger partial charge in [-0.3, -0.25) is 0 Å². The van der Waals surface area contributed by atoms with Gasteiger partial charge in [-0.05, 0) is 0 Å². The highest BCUT2D eigenvalue weighted by Crippen LogP contribution is 2.30. The number of aliphatic hydroxyl groups excluding tert-OH is 2. The van der Waals surface area contributed by atoms with E-state index in [9.17, 15) is 10.2 Å². The summed E-state index contributed by atoms with van der Waals surface area (Å²) in [6, 6.07) is 0. The molecule has 10 heavy (non-hydrogen) atoms. The highest BCUT2D eigenvalue weighted by atomic mass is 16.3. The fourth-order valence-electron chi connectivity index (χ4n) is 1.55. The molecule has 0 aromatic heterocycles. The van der Waals surface area contributed by atoms with E-state index in [-0.39, 0.29) is 11.8 Å². The van der Waals surface area contributed by atoms with Crippen LogP contribution in [0.5, 0.6) is 0 Å². The van der Waals surface area contributed by atoms with E-state index in [1.807, 2.05) is 24.3 Å². The molecule has 2 heteroatoms. The zero-order valence-electron chi connectivity index (χ0n) is 5.51. The maximum Gasteiger partial charge on any atom is 0.0904 e. The van der Waals surface area contributed by atoms with Crippen LogP contribution in [0.1, 0.15) is 0 Å². The van der Waals surface area contributed by atoms with Crippen molar-refractivity contribution in [1.82, 2.24) is 0 Å². The van der Waals surface area contributed by atoms with Crippen LogP contribution >= 0.6 is 0 Å². The van der Waals surface area contributed by atoms with Crippen LogP contribution in [-0.2, 0) is 0 Å². The number of aliphatic hydroxyl groups is 2. The Morgan fingerprint density at radius 2 is 1.00 bits per heavy atom. The van der Waals surface area contributed by atoms with Crippen molar-refractivity contribution in [1.29, 1.82) is 0 Å². The zero-order chi connectivity index (χ0) is 7.14. The van der Waals surface area contributed by atoms with Gasteiger partial charge in [-0.2, -0.15) is 0 Å². The number of rotatable bonds is 0. The van der Waals surface area contributed by atoms with Crippen LogP contribution in [0.15, 0.2) is 24.3 Å². The van der Waals surface area contributed by atoms with Crippen molar-refractivity contribution in [2.75, 3.05) is 0 Å². The molecule has 2 atom stereocenters. The summed E-state index contributed by atoms with van der Waals surface area (Å²) in [5.74, 6) is 0.0833. The summed E-state index contributed by atoms with van der Waals surface area (Å²) in [5, 5.41) is 18.6. The van der Waals surface area contributed by atoms with Crippen molar-refractivity contribution in [2.24, 2.45) is 11.8 Å². The largest absolute Gasteiger partial charge is 0.389 e. The molecule has 0 fully saturated rings. The first-order valence-corrected chi connectivity index (χ1v) is 3.52. The molecule has 0 spiro atoms. The molecule has 0 aliphatic heterocycles. The minimum atomic E-state index is -0.583. The lowest BCUT2D eigenvalue weighted by Crippen LogP contribution is -2.42. The monoisotopic (exact) mass is 138 g/mol. The van der Waals surface area contributed by atoms with Crippen molar-refractivity contribution in [3.63, 3.8) is 0 Å². The van der Waals surface area contributed by atoms with Crippen LogP contribution in [-0.4, -0.2) is 22.4 Å². The van der Waals surface area contributed by atoms with Crippen LogP contribution in [0, 0.1) is 11.8 Å². The molecule has 3 aliphatic carbocycles. The molecular formula is C8H10O2. The second kappa shape index (κ2) is 1.94. The van der Waals surface area contributed by atoms with Crippen LogP contribution in [0.25, 0.3) is 0 Å². The summed E-state index contributed by atoms with van der Waals surface area (Å²) >= 11 is 0. The molecule has 0 aromatic rings. The van der Waals surface area contributed by atoms with Gasteiger partial charge in [0.25, 0.3) is 0 Å². The van der Waals surface area contributed by atoms with Gasteiger partial charge in [0.1, 0.15) is 0 Å². The number of hydrogen-bond acceptors (Lipinski definition) is 2. The maximum atomic E-state index is 9.32. The number of fused-ring (bicyclic) bond motifs is 1. The van der Waals surface area contributed by atoms with Gasteiger partial charge in [-0.25, -0.2) is 0 Å². The smallest absolute Gasteiger partial charge is 0.0904 e. The topological polar surface area (TPSA) is 40.5 Å². The first-order valence-electron chi connectivity index (χ1n) is 3.52. The molecule has 2 nitrogen and oxygen atoms in total. The van der Waals surface area contributed by atoms with Crippen molar-refractivity contribution in [3.05, 3.63) is 24.3 Å². The molecule has 54 valence electrons. The van der Waals surface area contributed by atoms with Gasteiger partial charge in [0.2, 0.25) is 0 Å². The Kier molecular flexibility index (Phi) is 1.19. The van der Waals surface area contributed by atoms with Gasteiger partial charge in [0, 0.05) is 11.8 Å². The Hall–Kier alpha value is -0.600. The van der Waals surface area contributed by atoms with Crippen molar-refractivity contribution in [2.45, 2.75) is 12.2 Å². The van der Waals surface area contributed by atoms with Crippen molar-refractivity contribution < 1.29 is 10.2 Å². The predicted octanol–water partition coefficient (Wildman–Crippen LogP) is 0.0802. The van der Waals surface area contributed by atoms with Gasteiger partial charge < -0.3 is 10.2 Å². The molecule has 2 bridgehead atoms. The fourth-order valence-corrected chi connectivity index (χ4v) is 1.55. The summed E-state index contributed by atoms with van der Waals surface area (Å²) in [4.78, 5) is 0. The molecule has 0 heterocycles. The Bertz CT molecular complexity index is 161. The second-order valence-electron chi connectivity index (χ2n) is 2.91. The standard InChI is InChI=1S/C8H10O2/c9-7-5-1-2-6(4-3-5)8(7)10/h1-10H. The third-order valence-corrected chi connectivity index (χ3v) is 2.25. The third kappa shape index (κ3) is 0.662. The number of hydrogen-bond donors (Lipinski definition) is 2. The van der Waals surface area contributed by atoms with Gasteiger partial charge >= 0.3 is 0 Å². The molecule has 3 aliphatic rings. The zero-order valence-corrected chi connectivity index (χ0v) is 5.51. The Balaban J connectivity index is 2.33. The summed E-state index contributed by atoms with van der Waals surface area (Å²) in [6.07, 6.45) is 6.62. The van der Waals surface area contributed by atoms with Crippen LogP contribution in [0.4, 0.5) is 0 Å². The molecule has 2 unspecified atom stereocenters. The quantitative estimate of drug-likeness (QED) is 0.465. The van der Waals surface area contributed by atoms with E-state index >= 15 is 0 Å². The molecular weight excluding hydrogens is 128 g/mol. The van der Waals surface area contributed by atoms with Gasteiger partial charge in [0.15, 0.2) is 0 Å². The molecule has 2 N–H and O–H groups in total. The molecule has 0 amide bonds. The summed E-state index contributed by atoms with van der Waals surface area (Å²) < 4.78 is 0. The Morgan fingerprint density at radius 1 is 0.700 bits per heavy atom. The molecule has 0 saturated heterocycles. The molecule has 0 saturated carbocycles. The molecule has 0 radical (unpaired) electrons. The Morgan fingerprint density at radius 3 is 1.20 bits per heavy atom. The predicted molar refractivity (Wildman–Crippen MR) is 37.3 cm³/mol. The minimum absolute atomic E-state index is 0.0417. The first kappa shape index (κ1) is 6.13. The summed E-state index contributed by atoms with van der Waals surface area (Å²) in [6.45, 7) is 0. The molecule has 0 aromatic carbocycles. The SMILES string of the molecule is OC1C2C=CC(C=C2)C1O. The third-order valence-electron chi connectivity index (χ3n) is 2.25. The highest BCUT2D eigenvalue weighted by Gasteiger charge is 2.34. The van der Waals surface area contributed by atoms with Gasteiger partial charge in [-0.1, -0.05) is 24.3 Å². The van der Waals surface area contributed by atoms with E-state index < -0.39 is 12.2 Å². The van der Waals surface area contributed by atoms with E-state index in [2.05, 4.69) is 0 Å². The van der Waals surface area contributed by atoms with Crippen LogP contribution in [0.3, 0.4) is 0 Å². The van der Waals surface area contributed by atoms with Gasteiger partial charge in [0.05, 0.1) is 12.2 Å². The highest BCUT2D eigenvalue weighted by molar-refractivity contribution is 5.23. The van der Waals surface area contributed by atoms with E-state index in [1.54, 1.807) is 0 Å². The normalized spacial score (nSPS) is 50.2. The van der Waals surface area contributed by atoms with E-state index in [4.69, 9.17) is 0 Å². The first-order chi connectivity index (χ1) is 4.79. The van der Waals surface area contributed by atoms with Crippen LogP contribution in [0.2, 0.25) is 0 Å². The van der Waals surface area contributed by atoms with E-state index in [0.29, 0.717) is 0 Å².